The Kier molecular flexibility index (Phi) is 5.11. The summed E-state index contributed by atoms with van der Waals surface area (Å²) in [6.45, 7) is 0.759. The predicted molar refractivity (Wildman–Crippen MR) is 90.0 cm³/mol. The molecule has 0 saturated carbocycles. The standard InChI is InChI=1S/C16H20BrN3O3/c17-10-3-4-12-14(6-10)20(16(9-21)19-12)8-11(22)7-13-15(23)2-1-5-18-13/h3-4,6,13,15,18,21,23H,1-2,5,7-9H2/t13-,15+/m1/s1. The van der Waals surface area contributed by atoms with Crippen LogP contribution in [0.5, 0.6) is 0 Å². The van der Waals surface area contributed by atoms with Crippen molar-refractivity contribution in [1.29, 1.82) is 0 Å². The van der Waals surface area contributed by atoms with Crippen LogP contribution in [0.15, 0.2) is 22.7 Å². The van der Waals surface area contributed by atoms with Gasteiger partial charge in [-0.25, -0.2) is 4.98 Å². The zero-order valence-corrected chi connectivity index (χ0v) is 14.3. The molecule has 2 heterocycles. The molecule has 7 heteroatoms. The van der Waals surface area contributed by atoms with Gasteiger partial charge in [-0.2, -0.15) is 0 Å². The van der Waals surface area contributed by atoms with E-state index in [2.05, 4.69) is 26.2 Å². The van der Waals surface area contributed by atoms with Crippen LogP contribution >= 0.6 is 15.9 Å². The second-order valence-electron chi connectivity index (χ2n) is 5.92. The maximum atomic E-state index is 12.4. The first kappa shape index (κ1) is 16.6. The largest absolute Gasteiger partial charge is 0.391 e. The van der Waals surface area contributed by atoms with Crippen LogP contribution in [-0.4, -0.2) is 44.2 Å². The quantitative estimate of drug-likeness (QED) is 0.727. The van der Waals surface area contributed by atoms with E-state index in [1.165, 1.54) is 0 Å². The Balaban J connectivity index is 1.79. The molecule has 124 valence electrons. The van der Waals surface area contributed by atoms with Crippen LogP contribution in [0.2, 0.25) is 0 Å². The van der Waals surface area contributed by atoms with Crippen molar-refractivity contribution in [3.63, 3.8) is 0 Å². The van der Waals surface area contributed by atoms with Crippen LogP contribution in [0.4, 0.5) is 0 Å². The Morgan fingerprint density at radius 1 is 1.48 bits per heavy atom. The van der Waals surface area contributed by atoms with Gasteiger partial charge in [-0.3, -0.25) is 4.79 Å². The Morgan fingerprint density at radius 3 is 3.04 bits per heavy atom. The first-order valence-corrected chi connectivity index (χ1v) is 8.56. The molecule has 0 amide bonds. The van der Waals surface area contributed by atoms with E-state index in [1.54, 1.807) is 4.57 Å². The second-order valence-corrected chi connectivity index (χ2v) is 6.83. The topological polar surface area (TPSA) is 87.4 Å². The van der Waals surface area contributed by atoms with Gasteiger partial charge >= 0.3 is 0 Å². The third-order valence-electron chi connectivity index (χ3n) is 4.26. The molecule has 2 atom stereocenters. The number of Topliss-reactive ketones (excluding diaryl/α,β-unsaturated/α-hetero) is 1. The van der Waals surface area contributed by atoms with Crippen LogP contribution in [0.1, 0.15) is 25.1 Å². The maximum absolute atomic E-state index is 12.4. The molecule has 1 aliphatic rings. The molecule has 0 unspecified atom stereocenters. The average molecular weight is 382 g/mol. The lowest BCUT2D eigenvalue weighted by Gasteiger charge is -2.28. The number of carbonyl (C=O) groups is 1. The number of halogens is 1. The number of rotatable bonds is 5. The lowest BCUT2D eigenvalue weighted by Crippen LogP contribution is -2.46. The van der Waals surface area contributed by atoms with Gasteiger partial charge in [-0.1, -0.05) is 15.9 Å². The van der Waals surface area contributed by atoms with E-state index in [9.17, 15) is 15.0 Å². The molecular weight excluding hydrogens is 362 g/mol. The summed E-state index contributed by atoms with van der Waals surface area (Å²) in [7, 11) is 0. The molecular formula is C16H20BrN3O3. The minimum absolute atomic E-state index is 0.0115. The molecule has 3 rings (SSSR count). The molecule has 1 aromatic carbocycles. The molecule has 0 bridgehead atoms. The molecule has 2 aromatic rings. The van der Waals surface area contributed by atoms with Gasteiger partial charge in [0.1, 0.15) is 12.4 Å². The molecule has 1 saturated heterocycles. The van der Waals surface area contributed by atoms with E-state index in [0.29, 0.717) is 5.82 Å². The number of benzene rings is 1. The van der Waals surface area contributed by atoms with Crippen molar-refractivity contribution in [2.75, 3.05) is 6.54 Å². The molecule has 1 fully saturated rings. The highest BCUT2D eigenvalue weighted by atomic mass is 79.9. The summed E-state index contributed by atoms with van der Waals surface area (Å²) < 4.78 is 2.64. The predicted octanol–water partition coefficient (Wildman–Crippen LogP) is 1.36. The van der Waals surface area contributed by atoms with Gasteiger partial charge in [0.05, 0.1) is 23.7 Å². The number of imidazole rings is 1. The number of aliphatic hydroxyl groups is 2. The summed E-state index contributed by atoms with van der Waals surface area (Å²) in [6.07, 6.45) is 1.47. The second kappa shape index (κ2) is 7.09. The third kappa shape index (κ3) is 3.63. The zero-order valence-electron chi connectivity index (χ0n) is 12.7. The van der Waals surface area contributed by atoms with Crippen molar-refractivity contribution in [2.24, 2.45) is 0 Å². The van der Waals surface area contributed by atoms with Crippen LogP contribution in [-0.2, 0) is 17.9 Å². The molecule has 1 aromatic heterocycles. The number of aliphatic hydroxyl groups excluding tert-OH is 2. The van der Waals surface area contributed by atoms with Gasteiger partial charge in [0.25, 0.3) is 0 Å². The summed E-state index contributed by atoms with van der Waals surface area (Å²) in [5.74, 6) is 0.487. The highest BCUT2D eigenvalue weighted by Crippen LogP contribution is 2.22. The summed E-state index contributed by atoms with van der Waals surface area (Å²) in [5.41, 5.74) is 1.56. The Hall–Kier alpha value is -1.28. The number of nitrogens with zero attached hydrogens (tertiary/aromatic N) is 2. The normalized spacial score (nSPS) is 21.7. The van der Waals surface area contributed by atoms with Crippen molar-refractivity contribution in [3.8, 4) is 0 Å². The number of carbonyl (C=O) groups excluding carboxylic acids is 1. The van der Waals surface area contributed by atoms with E-state index >= 15 is 0 Å². The smallest absolute Gasteiger partial charge is 0.154 e. The number of hydrogen-bond donors (Lipinski definition) is 3. The van der Waals surface area contributed by atoms with Gasteiger partial charge in [0.2, 0.25) is 0 Å². The SMILES string of the molecule is O=C(C[C@H]1NCCC[C@@H]1O)Cn1c(CO)nc2ccc(Br)cc21. The Morgan fingerprint density at radius 2 is 2.30 bits per heavy atom. The van der Waals surface area contributed by atoms with Crippen molar-refractivity contribution in [2.45, 2.75) is 44.6 Å². The van der Waals surface area contributed by atoms with Crippen molar-refractivity contribution >= 4 is 32.7 Å². The fraction of sp³-hybridized carbons (Fsp3) is 0.500. The zero-order chi connectivity index (χ0) is 16.4. The average Bonchev–Trinajstić information content (AvgIpc) is 2.87. The summed E-state index contributed by atoms with van der Waals surface area (Å²) in [5, 5.41) is 22.7. The van der Waals surface area contributed by atoms with E-state index in [1.807, 2.05) is 18.2 Å². The number of ketones is 1. The fourth-order valence-electron chi connectivity index (χ4n) is 3.07. The van der Waals surface area contributed by atoms with Gasteiger partial charge in [-0.15, -0.1) is 0 Å². The third-order valence-corrected chi connectivity index (χ3v) is 4.75. The molecule has 1 aliphatic heterocycles. The minimum Gasteiger partial charge on any atom is -0.391 e. The monoisotopic (exact) mass is 381 g/mol. The summed E-state index contributed by atoms with van der Waals surface area (Å²) in [4.78, 5) is 16.8. The summed E-state index contributed by atoms with van der Waals surface area (Å²) >= 11 is 3.42. The fourth-order valence-corrected chi connectivity index (χ4v) is 3.42. The first-order chi connectivity index (χ1) is 11.1. The van der Waals surface area contributed by atoms with Gasteiger partial charge < -0.3 is 20.1 Å². The molecule has 0 radical (unpaired) electrons. The van der Waals surface area contributed by atoms with E-state index in [-0.39, 0.29) is 31.4 Å². The van der Waals surface area contributed by atoms with Crippen molar-refractivity contribution < 1.29 is 15.0 Å². The number of hydrogen-bond acceptors (Lipinski definition) is 5. The minimum atomic E-state index is -0.473. The van der Waals surface area contributed by atoms with Crippen molar-refractivity contribution in [3.05, 3.63) is 28.5 Å². The molecule has 6 nitrogen and oxygen atoms in total. The molecule has 0 spiro atoms. The Bertz CT molecular complexity index is 716. The summed E-state index contributed by atoms with van der Waals surface area (Å²) in [6, 6.07) is 5.44. The Labute approximate surface area is 142 Å². The van der Waals surface area contributed by atoms with Gasteiger partial charge in [-0.05, 0) is 37.6 Å². The van der Waals surface area contributed by atoms with E-state index in [0.717, 1.165) is 34.9 Å². The van der Waals surface area contributed by atoms with E-state index < -0.39 is 6.10 Å². The van der Waals surface area contributed by atoms with Crippen LogP contribution in [0, 0.1) is 0 Å². The van der Waals surface area contributed by atoms with E-state index in [4.69, 9.17) is 0 Å². The van der Waals surface area contributed by atoms with Gasteiger partial charge in [0.15, 0.2) is 5.78 Å². The van der Waals surface area contributed by atoms with Crippen LogP contribution < -0.4 is 5.32 Å². The molecule has 23 heavy (non-hydrogen) atoms. The number of nitrogens with one attached hydrogen (secondary N) is 1. The van der Waals surface area contributed by atoms with Crippen molar-refractivity contribution in [1.82, 2.24) is 14.9 Å². The number of fused-ring (bicyclic) bond motifs is 1. The number of aromatic nitrogens is 2. The number of piperidine rings is 1. The van der Waals surface area contributed by atoms with Gasteiger partial charge in [0, 0.05) is 16.9 Å². The lowest BCUT2D eigenvalue weighted by molar-refractivity contribution is -0.121. The van der Waals surface area contributed by atoms with Crippen LogP contribution in [0.25, 0.3) is 11.0 Å². The maximum Gasteiger partial charge on any atom is 0.154 e. The highest BCUT2D eigenvalue weighted by molar-refractivity contribution is 9.10. The lowest BCUT2D eigenvalue weighted by atomic mass is 9.97. The molecule has 0 aliphatic carbocycles. The first-order valence-electron chi connectivity index (χ1n) is 7.77. The molecule has 3 N–H and O–H groups in total. The highest BCUT2D eigenvalue weighted by Gasteiger charge is 2.25. The van der Waals surface area contributed by atoms with Crippen LogP contribution in [0.3, 0.4) is 0 Å².